The lowest BCUT2D eigenvalue weighted by Gasteiger charge is -2.26. The van der Waals surface area contributed by atoms with Crippen molar-refractivity contribution in [3.63, 3.8) is 0 Å². The van der Waals surface area contributed by atoms with Crippen LogP contribution in [0.5, 0.6) is 0 Å². The van der Waals surface area contributed by atoms with Gasteiger partial charge in [-0.25, -0.2) is 0 Å². The summed E-state index contributed by atoms with van der Waals surface area (Å²) < 4.78 is 18.9. The normalized spacial score (nSPS) is 27.5. The summed E-state index contributed by atoms with van der Waals surface area (Å²) in [5.74, 6) is 3.30. The van der Waals surface area contributed by atoms with Gasteiger partial charge >= 0.3 is 0 Å². The van der Waals surface area contributed by atoms with Gasteiger partial charge in [0.25, 0.3) is 0 Å². The Morgan fingerprint density at radius 3 is 2.83 bits per heavy atom. The number of hydrogen-bond donors (Lipinski definition) is 0. The third-order valence-corrected chi connectivity index (χ3v) is 5.08. The number of aromatic nitrogens is 3. The van der Waals surface area contributed by atoms with E-state index < -0.39 is 0 Å². The van der Waals surface area contributed by atoms with Crippen LogP contribution in [0, 0.1) is 11.8 Å². The molecular formula is C17H30N4O3. The molecule has 1 saturated carbocycles. The van der Waals surface area contributed by atoms with E-state index in [4.69, 9.17) is 14.2 Å². The van der Waals surface area contributed by atoms with Crippen LogP contribution in [0.25, 0.3) is 0 Å². The van der Waals surface area contributed by atoms with Crippen molar-refractivity contribution in [3.8, 4) is 0 Å². The van der Waals surface area contributed by atoms with E-state index in [0.29, 0.717) is 32.3 Å². The standard InChI is InChI=1S/C17H30N4O3/c1-13-4-5-14(10-13)11-21-16(15-12-23-8-9-24-15)18-19-17(21)20(2)6-7-22-3/h13-15H,4-12H2,1-3H3. The first-order valence-corrected chi connectivity index (χ1v) is 9.01. The number of anilines is 1. The molecule has 3 unspecified atom stereocenters. The van der Waals surface area contributed by atoms with E-state index in [1.807, 2.05) is 7.05 Å². The maximum Gasteiger partial charge on any atom is 0.227 e. The van der Waals surface area contributed by atoms with Crippen LogP contribution in [0.4, 0.5) is 5.95 Å². The number of rotatable bonds is 7. The Labute approximate surface area is 144 Å². The fourth-order valence-electron chi connectivity index (χ4n) is 3.72. The van der Waals surface area contributed by atoms with Gasteiger partial charge in [-0.15, -0.1) is 10.2 Å². The molecule has 7 heteroatoms. The topological polar surface area (TPSA) is 61.6 Å². The monoisotopic (exact) mass is 338 g/mol. The van der Waals surface area contributed by atoms with E-state index in [9.17, 15) is 0 Å². The van der Waals surface area contributed by atoms with Crippen molar-refractivity contribution in [1.82, 2.24) is 14.8 Å². The maximum atomic E-state index is 5.87. The van der Waals surface area contributed by atoms with Gasteiger partial charge in [0.2, 0.25) is 5.95 Å². The van der Waals surface area contributed by atoms with Gasteiger partial charge in [-0.1, -0.05) is 13.3 Å². The smallest absolute Gasteiger partial charge is 0.227 e. The van der Waals surface area contributed by atoms with Crippen LogP contribution < -0.4 is 4.90 Å². The number of ether oxygens (including phenoxy) is 3. The van der Waals surface area contributed by atoms with Crippen LogP contribution in [-0.2, 0) is 20.8 Å². The highest BCUT2D eigenvalue weighted by atomic mass is 16.6. The highest BCUT2D eigenvalue weighted by Gasteiger charge is 2.29. The van der Waals surface area contributed by atoms with Crippen LogP contribution in [0.1, 0.15) is 38.1 Å². The highest BCUT2D eigenvalue weighted by Crippen LogP contribution is 2.33. The van der Waals surface area contributed by atoms with Crippen LogP contribution in [-0.4, -0.2) is 61.9 Å². The highest BCUT2D eigenvalue weighted by molar-refractivity contribution is 5.30. The molecule has 1 aromatic rings. The Balaban J connectivity index is 1.80. The second-order valence-electron chi connectivity index (χ2n) is 7.10. The Kier molecular flexibility index (Phi) is 6.08. The van der Waals surface area contributed by atoms with Gasteiger partial charge in [-0.2, -0.15) is 0 Å². The molecule has 1 aromatic heterocycles. The van der Waals surface area contributed by atoms with Crippen LogP contribution in [0.15, 0.2) is 0 Å². The Hall–Kier alpha value is -1.18. The van der Waals surface area contributed by atoms with E-state index in [2.05, 4.69) is 26.6 Å². The third kappa shape index (κ3) is 4.07. The van der Waals surface area contributed by atoms with Gasteiger partial charge in [0.15, 0.2) is 5.82 Å². The molecule has 1 aliphatic carbocycles. The predicted molar refractivity (Wildman–Crippen MR) is 91.2 cm³/mol. The minimum Gasteiger partial charge on any atom is -0.383 e. The minimum absolute atomic E-state index is 0.116. The van der Waals surface area contributed by atoms with E-state index in [1.165, 1.54) is 19.3 Å². The molecule has 7 nitrogen and oxygen atoms in total. The zero-order chi connectivity index (χ0) is 16.9. The summed E-state index contributed by atoms with van der Waals surface area (Å²) in [4.78, 5) is 2.11. The molecule has 1 saturated heterocycles. The van der Waals surface area contributed by atoms with Gasteiger partial charge in [0.05, 0.1) is 26.4 Å². The minimum atomic E-state index is -0.116. The van der Waals surface area contributed by atoms with Crippen molar-refractivity contribution in [2.24, 2.45) is 11.8 Å². The SMILES string of the molecule is COCCN(C)c1nnc(C2COCCO2)n1CC1CCC(C)C1. The van der Waals surface area contributed by atoms with Crippen LogP contribution >= 0.6 is 0 Å². The first-order chi connectivity index (χ1) is 11.7. The molecule has 0 aromatic carbocycles. The van der Waals surface area contributed by atoms with Gasteiger partial charge in [0, 0.05) is 27.2 Å². The van der Waals surface area contributed by atoms with E-state index in [-0.39, 0.29) is 6.10 Å². The lowest BCUT2D eigenvalue weighted by Crippen LogP contribution is -2.29. The molecule has 2 aliphatic rings. The summed E-state index contributed by atoms with van der Waals surface area (Å²) in [6.07, 6.45) is 3.76. The first-order valence-electron chi connectivity index (χ1n) is 9.01. The second-order valence-corrected chi connectivity index (χ2v) is 7.10. The van der Waals surface area contributed by atoms with Crippen molar-refractivity contribution in [2.75, 3.05) is 52.0 Å². The van der Waals surface area contributed by atoms with Crippen molar-refractivity contribution >= 4 is 5.95 Å². The van der Waals surface area contributed by atoms with Crippen molar-refractivity contribution in [3.05, 3.63) is 5.82 Å². The van der Waals surface area contributed by atoms with Crippen LogP contribution in [0.2, 0.25) is 0 Å². The predicted octanol–water partition coefficient (Wildman–Crippen LogP) is 1.88. The Morgan fingerprint density at radius 2 is 2.17 bits per heavy atom. The lowest BCUT2D eigenvalue weighted by atomic mass is 10.1. The summed E-state index contributed by atoms with van der Waals surface area (Å²) in [7, 11) is 3.76. The average Bonchev–Trinajstić information content (AvgIpc) is 3.20. The molecule has 1 aliphatic heterocycles. The molecule has 0 N–H and O–H groups in total. The summed E-state index contributed by atoms with van der Waals surface area (Å²) in [6, 6.07) is 0. The number of hydrogen-bond acceptors (Lipinski definition) is 6. The third-order valence-electron chi connectivity index (χ3n) is 5.08. The summed E-state index contributed by atoms with van der Waals surface area (Å²) in [6.45, 7) is 6.59. The molecule has 0 amide bonds. The number of methoxy groups -OCH3 is 1. The lowest BCUT2D eigenvalue weighted by molar-refractivity contribution is -0.0949. The number of likely N-dealkylation sites (N-methyl/N-ethyl adjacent to an activating group) is 1. The summed E-state index contributed by atoms with van der Waals surface area (Å²) >= 11 is 0. The van der Waals surface area contributed by atoms with E-state index >= 15 is 0 Å². The molecule has 0 spiro atoms. The Bertz CT molecular complexity index is 516. The first kappa shape index (κ1) is 17.6. The van der Waals surface area contributed by atoms with Crippen molar-refractivity contribution in [2.45, 2.75) is 38.8 Å². The van der Waals surface area contributed by atoms with Crippen molar-refractivity contribution in [1.29, 1.82) is 0 Å². The van der Waals surface area contributed by atoms with E-state index in [0.717, 1.165) is 30.8 Å². The molecule has 0 radical (unpaired) electrons. The van der Waals surface area contributed by atoms with Crippen LogP contribution in [0.3, 0.4) is 0 Å². The quantitative estimate of drug-likeness (QED) is 0.756. The maximum absolute atomic E-state index is 5.87. The summed E-state index contributed by atoms with van der Waals surface area (Å²) in [5, 5.41) is 8.91. The second kappa shape index (κ2) is 8.27. The molecule has 2 heterocycles. The average molecular weight is 338 g/mol. The van der Waals surface area contributed by atoms with Gasteiger partial charge in [0.1, 0.15) is 6.10 Å². The fraction of sp³-hybridized carbons (Fsp3) is 0.882. The zero-order valence-corrected chi connectivity index (χ0v) is 15.1. The largest absolute Gasteiger partial charge is 0.383 e. The van der Waals surface area contributed by atoms with Gasteiger partial charge in [-0.05, 0) is 24.7 Å². The molecule has 136 valence electrons. The fourth-order valence-corrected chi connectivity index (χ4v) is 3.72. The number of nitrogens with zero attached hydrogens (tertiary/aromatic N) is 4. The van der Waals surface area contributed by atoms with E-state index in [1.54, 1.807) is 7.11 Å². The van der Waals surface area contributed by atoms with Gasteiger partial charge < -0.3 is 19.1 Å². The molecular weight excluding hydrogens is 308 g/mol. The zero-order valence-electron chi connectivity index (χ0n) is 15.1. The molecule has 2 fully saturated rings. The summed E-state index contributed by atoms with van der Waals surface area (Å²) in [5.41, 5.74) is 0. The molecule has 24 heavy (non-hydrogen) atoms. The van der Waals surface area contributed by atoms with Gasteiger partial charge in [-0.3, -0.25) is 4.57 Å². The van der Waals surface area contributed by atoms with Crippen molar-refractivity contribution < 1.29 is 14.2 Å². The Morgan fingerprint density at radius 1 is 1.29 bits per heavy atom. The molecule has 3 rings (SSSR count). The molecule has 3 atom stereocenters. The molecule has 0 bridgehead atoms.